The SMILES string of the molecule is C=CCNC(=O)C(C)(C(F)(F)F)C(F)(F)F. The quantitative estimate of drug-likeness (QED) is 0.604. The van der Waals surface area contributed by atoms with Crippen LogP contribution >= 0.6 is 0 Å². The highest BCUT2D eigenvalue weighted by Crippen LogP contribution is 2.50. The van der Waals surface area contributed by atoms with Gasteiger partial charge in [-0.2, -0.15) is 26.3 Å². The second-order valence-electron chi connectivity index (χ2n) is 3.12. The van der Waals surface area contributed by atoms with Crippen molar-refractivity contribution < 1.29 is 31.1 Å². The van der Waals surface area contributed by atoms with Crippen LogP contribution in [0.3, 0.4) is 0 Å². The molecule has 0 aliphatic carbocycles. The van der Waals surface area contributed by atoms with E-state index in [9.17, 15) is 31.1 Å². The number of hydrogen-bond acceptors (Lipinski definition) is 1. The predicted molar refractivity (Wildman–Crippen MR) is 43.4 cm³/mol. The minimum absolute atomic E-state index is 0.203. The number of nitrogens with one attached hydrogen (secondary N) is 1. The molecule has 0 saturated carbocycles. The van der Waals surface area contributed by atoms with Crippen molar-refractivity contribution in [3.05, 3.63) is 12.7 Å². The van der Waals surface area contributed by atoms with Gasteiger partial charge in [0.2, 0.25) is 11.3 Å². The summed E-state index contributed by atoms with van der Waals surface area (Å²) in [5, 5.41) is 1.49. The normalized spacial score (nSPS) is 13.4. The fourth-order valence-corrected chi connectivity index (χ4v) is 0.760. The minimum Gasteiger partial charge on any atom is -0.352 e. The molecule has 0 aliphatic rings. The van der Waals surface area contributed by atoms with Crippen LogP contribution in [0.4, 0.5) is 26.3 Å². The molecular formula is C8H9F6NO. The van der Waals surface area contributed by atoms with Gasteiger partial charge in [0.1, 0.15) is 0 Å². The first-order chi connectivity index (χ1) is 6.98. The van der Waals surface area contributed by atoms with Crippen molar-refractivity contribution in [3.8, 4) is 0 Å². The summed E-state index contributed by atoms with van der Waals surface area (Å²) in [6, 6.07) is 0. The van der Waals surface area contributed by atoms with Crippen LogP contribution in [0.25, 0.3) is 0 Å². The number of halogens is 6. The molecule has 0 heterocycles. The number of hydrogen-bond donors (Lipinski definition) is 1. The van der Waals surface area contributed by atoms with E-state index in [4.69, 9.17) is 0 Å². The summed E-state index contributed by atoms with van der Waals surface area (Å²) >= 11 is 0. The molecule has 0 unspecified atom stereocenters. The first kappa shape index (κ1) is 14.8. The monoisotopic (exact) mass is 249 g/mol. The third-order valence-electron chi connectivity index (χ3n) is 1.99. The van der Waals surface area contributed by atoms with E-state index in [1.54, 1.807) is 0 Å². The van der Waals surface area contributed by atoms with Gasteiger partial charge in [-0.1, -0.05) is 6.08 Å². The average molecular weight is 249 g/mol. The van der Waals surface area contributed by atoms with E-state index in [1.807, 2.05) is 0 Å². The lowest BCUT2D eigenvalue weighted by Crippen LogP contribution is -2.57. The van der Waals surface area contributed by atoms with E-state index >= 15 is 0 Å². The molecule has 1 N–H and O–H groups in total. The molecule has 0 aromatic heterocycles. The lowest BCUT2D eigenvalue weighted by Gasteiger charge is -2.32. The Hall–Kier alpha value is -1.21. The van der Waals surface area contributed by atoms with E-state index in [1.165, 1.54) is 5.32 Å². The lowest BCUT2D eigenvalue weighted by atomic mass is 9.87. The second-order valence-corrected chi connectivity index (χ2v) is 3.12. The summed E-state index contributed by atoms with van der Waals surface area (Å²) in [5.74, 6) is -2.15. The van der Waals surface area contributed by atoms with E-state index in [0.29, 0.717) is 0 Å². The van der Waals surface area contributed by atoms with Crippen LogP contribution in [-0.2, 0) is 4.79 Å². The highest BCUT2D eigenvalue weighted by molar-refractivity contribution is 5.84. The zero-order valence-corrected chi connectivity index (χ0v) is 8.17. The van der Waals surface area contributed by atoms with Gasteiger partial charge in [-0.05, 0) is 6.92 Å². The number of alkyl halides is 6. The van der Waals surface area contributed by atoms with E-state index in [2.05, 4.69) is 6.58 Å². The molecule has 0 rings (SSSR count). The maximum atomic E-state index is 12.3. The van der Waals surface area contributed by atoms with Crippen molar-refractivity contribution in [3.63, 3.8) is 0 Å². The molecule has 0 fully saturated rings. The molecule has 0 radical (unpaired) electrons. The van der Waals surface area contributed by atoms with Crippen LogP contribution in [0.1, 0.15) is 6.92 Å². The highest BCUT2D eigenvalue weighted by Gasteiger charge is 2.72. The molecular weight excluding hydrogens is 240 g/mol. The van der Waals surface area contributed by atoms with Crippen molar-refractivity contribution in [2.75, 3.05) is 6.54 Å². The van der Waals surface area contributed by atoms with Gasteiger partial charge in [-0.3, -0.25) is 4.79 Å². The van der Waals surface area contributed by atoms with Crippen molar-refractivity contribution in [2.24, 2.45) is 5.41 Å². The molecule has 8 heteroatoms. The van der Waals surface area contributed by atoms with Crippen LogP contribution in [0.5, 0.6) is 0 Å². The average Bonchev–Trinajstić information content (AvgIpc) is 2.08. The maximum absolute atomic E-state index is 12.3. The summed E-state index contributed by atoms with van der Waals surface area (Å²) in [4.78, 5) is 10.9. The standard InChI is InChI=1S/C8H9F6NO/c1-3-4-15-5(16)6(2,7(9,10)11)8(12,13)14/h3H,1,4H2,2H3,(H,15,16). The molecule has 1 amide bonds. The van der Waals surface area contributed by atoms with Crippen LogP contribution in [0.15, 0.2) is 12.7 Å². The summed E-state index contributed by atoms with van der Waals surface area (Å²) < 4.78 is 73.6. The Labute approximate surface area is 87.3 Å². The Kier molecular flexibility index (Phi) is 4.01. The fraction of sp³-hybridized carbons (Fsp3) is 0.625. The summed E-state index contributed by atoms with van der Waals surface area (Å²) in [6.07, 6.45) is -10.4. The second kappa shape index (κ2) is 4.34. The van der Waals surface area contributed by atoms with Crippen LogP contribution in [-0.4, -0.2) is 24.8 Å². The Balaban J connectivity index is 5.27. The van der Waals surface area contributed by atoms with Gasteiger partial charge in [-0.25, -0.2) is 0 Å². The molecule has 0 atom stereocenters. The van der Waals surface area contributed by atoms with Gasteiger partial charge in [0, 0.05) is 6.54 Å². The first-order valence-electron chi connectivity index (χ1n) is 4.01. The van der Waals surface area contributed by atoms with Crippen molar-refractivity contribution in [2.45, 2.75) is 19.3 Å². The van der Waals surface area contributed by atoms with E-state index < -0.39 is 30.2 Å². The third-order valence-corrected chi connectivity index (χ3v) is 1.99. The molecule has 0 bridgehead atoms. The Morgan fingerprint density at radius 3 is 1.81 bits per heavy atom. The van der Waals surface area contributed by atoms with Gasteiger partial charge < -0.3 is 5.32 Å². The molecule has 0 saturated heterocycles. The van der Waals surface area contributed by atoms with Gasteiger partial charge in [0.05, 0.1) is 0 Å². The predicted octanol–water partition coefficient (Wildman–Crippen LogP) is 2.42. The molecule has 0 aromatic rings. The lowest BCUT2D eigenvalue weighted by molar-refractivity contribution is -0.319. The Bertz CT molecular complexity index is 265. The number of carbonyl (C=O) groups is 1. The van der Waals surface area contributed by atoms with E-state index in [0.717, 1.165) is 6.08 Å². The van der Waals surface area contributed by atoms with Crippen molar-refractivity contribution in [1.29, 1.82) is 0 Å². The van der Waals surface area contributed by atoms with Gasteiger partial charge >= 0.3 is 12.4 Å². The van der Waals surface area contributed by atoms with Crippen LogP contribution < -0.4 is 5.32 Å². The van der Waals surface area contributed by atoms with Gasteiger partial charge in [0.15, 0.2) is 0 Å². The number of carbonyl (C=O) groups excluding carboxylic acids is 1. The molecule has 2 nitrogen and oxygen atoms in total. The maximum Gasteiger partial charge on any atom is 0.411 e. The number of amides is 1. The van der Waals surface area contributed by atoms with Gasteiger partial charge in [0.25, 0.3) is 0 Å². The topological polar surface area (TPSA) is 29.1 Å². The van der Waals surface area contributed by atoms with Crippen LogP contribution in [0.2, 0.25) is 0 Å². The molecule has 16 heavy (non-hydrogen) atoms. The van der Waals surface area contributed by atoms with E-state index in [-0.39, 0.29) is 6.92 Å². The summed E-state index contributed by atoms with van der Waals surface area (Å²) in [6.45, 7) is 2.39. The molecule has 0 spiro atoms. The largest absolute Gasteiger partial charge is 0.411 e. The molecule has 0 aliphatic heterocycles. The van der Waals surface area contributed by atoms with Crippen molar-refractivity contribution in [1.82, 2.24) is 5.32 Å². The minimum atomic E-state index is -5.71. The summed E-state index contributed by atoms with van der Waals surface area (Å²) in [5.41, 5.74) is -4.41. The zero-order chi connectivity index (χ0) is 13.2. The molecule has 0 aromatic carbocycles. The number of rotatable bonds is 3. The third kappa shape index (κ3) is 2.48. The highest BCUT2D eigenvalue weighted by atomic mass is 19.4. The smallest absolute Gasteiger partial charge is 0.352 e. The Morgan fingerprint density at radius 1 is 1.19 bits per heavy atom. The van der Waals surface area contributed by atoms with Gasteiger partial charge in [-0.15, -0.1) is 6.58 Å². The van der Waals surface area contributed by atoms with Crippen LogP contribution in [0, 0.1) is 5.41 Å². The Morgan fingerprint density at radius 2 is 1.56 bits per heavy atom. The molecule has 94 valence electrons. The zero-order valence-electron chi connectivity index (χ0n) is 8.17. The summed E-state index contributed by atoms with van der Waals surface area (Å²) in [7, 11) is 0. The van der Waals surface area contributed by atoms with Crippen molar-refractivity contribution >= 4 is 5.91 Å². The fourth-order valence-electron chi connectivity index (χ4n) is 0.760. The first-order valence-corrected chi connectivity index (χ1v) is 4.01.